The van der Waals surface area contributed by atoms with Crippen molar-refractivity contribution in [3.8, 4) is 0 Å². The maximum atomic E-state index is 2.25. The largest absolute Gasteiger partial charge is 0.111 e. The van der Waals surface area contributed by atoms with Gasteiger partial charge in [-0.3, -0.25) is 0 Å². The predicted molar refractivity (Wildman–Crippen MR) is 59.0 cm³/mol. The molecule has 0 saturated carbocycles. The summed E-state index contributed by atoms with van der Waals surface area (Å²) in [6, 6.07) is 8.59. The van der Waals surface area contributed by atoms with Crippen LogP contribution in [0.2, 0.25) is 0 Å². The first-order valence-corrected chi connectivity index (χ1v) is 6.04. The third-order valence-corrected chi connectivity index (χ3v) is 4.03. The molecule has 0 saturated heterocycles. The Labute approximate surface area is 83.1 Å². The van der Waals surface area contributed by atoms with Gasteiger partial charge in [0.15, 0.2) is 0 Å². The standard InChI is InChI=1S/C8H8S2.C2H6/c1-6-9-7-4-2-3-5-8(7)10-6;1-2/h2-6H,1H3;1-2H3. The zero-order chi connectivity index (χ0) is 8.97. The van der Waals surface area contributed by atoms with Crippen LogP contribution >= 0.6 is 23.5 Å². The van der Waals surface area contributed by atoms with E-state index >= 15 is 0 Å². The Balaban J connectivity index is 0.000000336. The molecule has 2 rings (SSSR count). The lowest BCUT2D eigenvalue weighted by Gasteiger charge is -1.92. The van der Waals surface area contributed by atoms with Gasteiger partial charge in [0.2, 0.25) is 0 Å². The van der Waals surface area contributed by atoms with Crippen LogP contribution in [0.1, 0.15) is 20.8 Å². The van der Waals surface area contributed by atoms with Gasteiger partial charge in [0.05, 0.1) is 4.58 Å². The maximum absolute atomic E-state index is 2.25. The highest BCUT2D eigenvalue weighted by Crippen LogP contribution is 2.46. The Hall–Kier alpha value is -0.0800. The van der Waals surface area contributed by atoms with Crippen LogP contribution in [0.15, 0.2) is 34.1 Å². The minimum Gasteiger partial charge on any atom is -0.111 e. The molecule has 0 radical (unpaired) electrons. The quantitative estimate of drug-likeness (QED) is 0.611. The highest BCUT2D eigenvalue weighted by Gasteiger charge is 2.17. The van der Waals surface area contributed by atoms with Gasteiger partial charge in [-0.25, -0.2) is 0 Å². The van der Waals surface area contributed by atoms with Crippen molar-refractivity contribution in [3.63, 3.8) is 0 Å². The van der Waals surface area contributed by atoms with Gasteiger partial charge in [0.1, 0.15) is 0 Å². The summed E-state index contributed by atoms with van der Waals surface area (Å²) in [6.07, 6.45) is 0. The van der Waals surface area contributed by atoms with Gasteiger partial charge in [-0.2, -0.15) is 0 Å². The predicted octanol–water partition coefficient (Wildman–Crippen LogP) is 4.26. The second-order valence-electron chi connectivity index (χ2n) is 2.25. The average molecular weight is 198 g/mol. The van der Waals surface area contributed by atoms with Crippen LogP contribution in [-0.2, 0) is 0 Å². The number of thioether (sulfide) groups is 2. The Morgan fingerprint density at radius 2 is 1.42 bits per heavy atom. The van der Waals surface area contributed by atoms with Crippen LogP contribution in [0, 0.1) is 0 Å². The van der Waals surface area contributed by atoms with Crippen LogP contribution in [0.4, 0.5) is 0 Å². The van der Waals surface area contributed by atoms with E-state index < -0.39 is 0 Å². The van der Waals surface area contributed by atoms with E-state index in [1.54, 1.807) is 0 Å². The molecular weight excluding hydrogens is 184 g/mol. The minimum atomic E-state index is 0.706. The number of rotatable bonds is 0. The van der Waals surface area contributed by atoms with E-state index in [1.807, 2.05) is 37.4 Å². The van der Waals surface area contributed by atoms with Gasteiger partial charge >= 0.3 is 0 Å². The van der Waals surface area contributed by atoms with Gasteiger partial charge in [0, 0.05) is 9.79 Å². The first-order valence-electron chi connectivity index (χ1n) is 4.28. The molecule has 0 fully saturated rings. The lowest BCUT2D eigenvalue weighted by molar-refractivity contribution is 1.27. The Kier molecular flexibility index (Phi) is 4.02. The normalized spacial score (nSPS) is 14.9. The lowest BCUT2D eigenvalue weighted by atomic mass is 10.4. The Morgan fingerprint density at radius 1 is 1.00 bits per heavy atom. The van der Waals surface area contributed by atoms with Crippen molar-refractivity contribution in [2.24, 2.45) is 0 Å². The molecule has 0 aromatic heterocycles. The van der Waals surface area contributed by atoms with E-state index in [2.05, 4.69) is 31.2 Å². The van der Waals surface area contributed by atoms with Crippen LogP contribution in [0.3, 0.4) is 0 Å². The van der Waals surface area contributed by atoms with Gasteiger partial charge in [-0.1, -0.05) is 26.0 Å². The van der Waals surface area contributed by atoms with Gasteiger partial charge < -0.3 is 0 Å². The molecule has 0 nitrogen and oxygen atoms in total. The number of fused-ring (bicyclic) bond motifs is 1. The Morgan fingerprint density at radius 3 is 1.83 bits per heavy atom. The summed E-state index contributed by atoms with van der Waals surface area (Å²) in [4.78, 5) is 2.89. The summed E-state index contributed by atoms with van der Waals surface area (Å²) >= 11 is 3.91. The van der Waals surface area contributed by atoms with E-state index in [4.69, 9.17) is 0 Å². The zero-order valence-corrected chi connectivity index (χ0v) is 9.34. The third kappa shape index (κ3) is 2.20. The summed E-state index contributed by atoms with van der Waals surface area (Å²) < 4.78 is 0.706. The van der Waals surface area contributed by atoms with Crippen LogP contribution in [0.25, 0.3) is 0 Å². The monoisotopic (exact) mass is 198 g/mol. The number of hydrogen-bond acceptors (Lipinski definition) is 2. The molecule has 1 heterocycles. The van der Waals surface area contributed by atoms with E-state index in [0.29, 0.717) is 4.58 Å². The summed E-state index contributed by atoms with van der Waals surface area (Å²) in [5.41, 5.74) is 0. The molecule has 1 aliphatic heterocycles. The molecule has 0 atom stereocenters. The number of benzene rings is 1. The van der Waals surface area contributed by atoms with E-state index in [-0.39, 0.29) is 0 Å². The van der Waals surface area contributed by atoms with Gasteiger partial charge in [-0.15, -0.1) is 23.5 Å². The van der Waals surface area contributed by atoms with Crippen LogP contribution in [-0.4, -0.2) is 4.58 Å². The minimum absolute atomic E-state index is 0.706. The van der Waals surface area contributed by atoms with E-state index in [0.717, 1.165) is 0 Å². The molecule has 0 aliphatic carbocycles. The van der Waals surface area contributed by atoms with Crippen molar-refractivity contribution in [2.45, 2.75) is 35.1 Å². The molecule has 0 unspecified atom stereocenters. The average Bonchev–Trinajstić information content (AvgIpc) is 2.48. The van der Waals surface area contributed by atoms with Crippen molar-refractivity contribution in [3.05, 3.63) is 24.3 Å². The molecule has 1 aromatic rings. The van der Waals surface area contributed by atoms with Crippen molar-refractivity contribution < 1.29 is 0 Å². The summed E-state index contributed by atoms with van der Waals surface area (Å²) in [6.45, 7) is 6.25. The van der Waals surface area contributed by atoms with Gasteiger partial charge in [0.25, 0.3) is 0 Å². The zero-order valence-electron chi connectivity index (χ0n) is 7.70. The summed E-state index contributed by atoms with van der Waals surface area (Å²) in [7, 11) is 0. The highest BCUT2D eigenvalue weighted by atomic mass is 32.2. The Bertz CT molecular complexity index is 220. The summed E-state index contributed by atoms with van der Waals surface area (Å²) in [5.74, 6) is 0. The van der Waals surface area contributed by atoms with E-state index in [9.17, 15) is 0 Å². The van der Waals surface area contributed by atoms with E-state index in [1.165, 1.54) is 9.79 Å². The van der Waals surface area contributed by atoms with Crippen molar-refractivity contribution in [1.29, 1.82) is 0 Å². The fourth-order valence-corrected chi connectivity index (χ4v) is 3.53. The van der Waals surface area contributed by atoms with Crippen LogP contribution < -0.4 is 0 Å². The topological polar surface area (TPSA) is 0 Å². The van der Waals surface area contributed by atoms with Crippen molar-refractivity contribution in [2.75, 3.05) is 0 Å². The molecule has 1 aliphatic rings. The smallest absolute Gasteiger partial charge is 0.0569 e. The second-order valence-corrected chi connectivity index (χ2v) is 5.31. The molecule has 0 bridgehead atoms. The first-order chi connectivity index (χ1) is 5.86. The molecule has 0 spiro atoms. The first kappa shape index (κ1) is 10.0. The molecule has 12 heavy (non-hydrogen) atoms. The lowest BCUT2D eigenvalue weighted by Crippen LogP contribution is -1.75. The number of hydrogen-bond donors (Lipinski definition) is 0. The molecule has 1 aromatic carbocycles. The highest BCUT2D eigenvalue weighted by molar-refractivity contribution is 8.19. The maximum Gasteiger partial charge on any atom is 0.0569 e. The molecule has 2 heteroatoms. The van der Waals surface area contributed by atoms with Gasteiger partial charge in [-0.05, 0) is 19.1 Å². The molecule has 0 amide bonds. The SMILES string of the molecule is CC.CC1Sc2ccccc2S1. The molecular formula is C10H14S2. The third-order valence-electron chi connectivity index (χ3n) is 1.44. The molecule has 66 valence electrons. The van der Waals surface area contributed by atoms with Crippen LogP contribution in [0.5, 0.6) is 0 Å². The summed E-state index contributed by atoms with van der Waals surface area (Å²) in [5, 5.41) is 0. The second kappa shape index (κ2) is 4.83. The molecule has 0 N–H and O–H groups in total. The van der Waals surface area contributed by atoms with Crippen molar-refractivity contribution in [1.82, 2.24) is 0 Å². The fraction of sp³-hybridized carbons (Fsp3) is 0.400. The van der Waals surface area contributed by atoms with Crippen molar-refractivity contribution >= 4 is 23.5 Å². The fourth-order valence-electron chi connectivity index (χ4n) is 1.03.